The fourth-order valence-electron chi connectivity index (χ4n) is 1.89. The van der Waals surface area contributed by atoms with Gasteiger partial charge in [-0.2, -0.15) is 0 Å². The predicted octanol–water partition coefficient (Wildman–Crippen LogP) is 2.66. The molecule has 0 saturated carbocycles. The lowest BCUT2D eigenvalue weighted by atomic mass is 10.3. The Morgan fingerprint density at radius 3 is 2.95 bits per heavy atom. The van der Waals surface area contributed by atoms with Crippen LogP contribution in [-0.2, 0) is 0 Å². The standard InChI is InChI=1S/C14H12N4O2S/c1-8-17-10-5-9(3-4-12(10)21-8)18-14(19)11-6-13(20-2)16-7-15-11/h3-7H,1-2H3,(H,18,19). The Morgan fingerprint density at radius 2 is 2.14 bits per heavy atom. The highest BCUT2D eigenvalue weighted by atomic mass is 32.1. The van der Waals surface area contributed by atoms with Gasteiger partial charge in [-0.1, -0.05) is 0 Å². The lowest BCUT2D eigenvalue weighted by Crippen LogP contribution is -2.14. The smallest absolute Gasteiger partial charge is 0.274 e. The highest BCUT2D eigenvalue weighted by molar-refractivity contribution is 7.18. The second-order valence-electron chi connectivity index (χ2n) is 4.32. The summed E-state index contributed by atoms with van der Waals surface area (Å²) >= 11 is 1.62. The number of carbonyl (C=O) groups excluding carboxylic acids is 1. The number of ether oxygens (including phenoxy) is 1. The number of nitrogens with one attached hydrogen (secondary N) is 1. The van der Waals surface area contributed by atoms with E-state index in [1.54, 1.807) is 11.3 Å². The number of hydrogen-bond acceptors (Lipinski definition) is 6. The molecule has 6 nitrogen and oxygen atoms in total. The molecule has 0 bridgehead atoms. The molecule has 0 aliphatic carbocycles. The molecule has 7 heteroatoms. The minimum Gasteiger partial charge on any atom is -0.481 e. The number of rotatable bonds is 3. The first-order chi connectivity index (χ1) is 10.2. The molecule has 1 aromatic carbocycles. The molecule has 3 rings (SSSR count). The van der Waals surface area contributed by atoms with Crippen molar-refractivity contribution in [2.75, 3.05) is 12.4 Å². The molecular formula is C14H12N4O2S. The third-order valence-corrected chi connectivity index (χ3v) is 3.79. The summed E-state index contributed by atoms with van der Waals surface area (Å²) in [5, 5.41) is 3.79. The number of amides is 1. The topological polar surface area (TPSA) is 77.0 Å². The summed E-state index contributed by atoms with van der Waals surface area (Å²) in [6.45, 7) is 1.95. The van der Waals surface area contributed by atoms with Crippen LogP contribution in [0.2, 0.25) is 0 Å². The molecule has 1 N–H and O–H groups in total. The molecule has 1 amide bonds. The van der Waals surface area contributed by atoms with Gasteiger partial charge in [-0.15, -0.1) is 11.3 Å². The van der Waals surface area contributed by atoms with E-state index >= 15 is 0 Å². The van der Waals surface area contributed by atoms with Crippen LogP contribution in [0, 0.1) is 6.92 Å². The molecule has 0 atom stereocenters. The first kappa shape index (κ1) is 13.4. The third kappa shape index (κ3) is 2.82. The lowest BCUT2D eigenvalue weighted by Gasteiger charge is -2.05. The second kappa shape index (κ2) is 5.45. The number of aromatic nitrogens is 3. The summed E-state index contributed by atoms with van der Waals surface area (Å²) in [6, 6.07) is 7.11. The average Bonchev–Trinajstić information content (AvgIpc) is 2.86. The van der Waals surface area contributed by atoms with Crippen molar-refractivity contribution in [2.45, 2.75) is 6.92 Å². The van der Waals surface area contributed by atoms with Gasteiger partial charge in [0, 0.05) is 11.8 Å². The molecule has 21 heavy (non-hydrogen) atoms. The SMILES string of the molecule is COc1cc(C(=O)Nc2ccc3sc(C)nc3c2)ncn1. The molecule has 2 heterocycles. The molecule has 0 aliphatic heterocycles. The van der Waals surface area contributed by atoms with E-state index in [4.69, 9.17) is 4.74 Å². The minimum absolute atomic E-state index is 0.247. The van der Waals surface area contributed by atoms with Crippen LogP contribution in [0.5, 0.6) is 5.88 Å². The van der Waals surface area contributed by atoms with Crippen molar-refractivity contribution in [1.82, 2.24) is 15.0 Å². The van der Waals surface area contributed by atoms with Crippen molar-refractivity contribution in [3.8, 4) is 5.88 Å². The quantitative estimate of drug-likeness (QED) is 0.804. The Hall–Kier alpha value is -2.54. The molecular weight excluding hydrogens is 288 g/mol. The van der Waals surface area contributed by atoms with Gasteiger partial charge in [0.2, 0.25) is 5.88 Å². The van der Waals surface area contributed by atoms with E-state index in [-0.39, 0.29) is 11.6 Å². The molecule has 0 aliphatic rings. The number of aryl methyl sites for hydroxylation is 1. The number of hydrogen-bond donors (Lipinski definition) is 1. The summed E-state index contributed by atoms with van der Waals surface area (Å²) < 4.78 is 6.07. The second-order valence-corrected chi connectivity index (χ2v) is 5.55. The monoisotopic (exact) mass is 300 g/mol. The highest BCUT2D eigenvalue weighted by Gasteiger charge is 2.10. The molecule has 0 saturated heterocycles. The van der Waals surface area contributed by atoms with Crippen LogP contribution in [0.25, 0.3) is 10.2 Å². The van der Waals surface area contributed by atoms with Gasteiger partial charge in [0.1, 0.15) is 12.0 Å². The first-order valence-electron chi connectivity index (χ1n) is 6.20. The van der Waals surface area contributed by atoms with E-state index in [0.717, 1.165) is 15.2 Å². The largest absolute Gasteiger partial charge is 0.481 e. The fourth-order valence-corrected chi connectivity index (χ4v) is 2.70. The Balaban J connectivity index is 1.84. The fraction of sp³-hybridized carbons (Fsp3) is 0.143. The van der Waals surface area contributed by atoms with Crippen LogP contribution in [0.4, 0.5) is 5.69 Å². The Kier molecular flexibility index (Phi) is 3.49. The van der Waals surface area contributed by atoms with Crippen LogP contribution in [0.1, 0.15) is 15.5 Å². The van der Waals surface area contributed by atoms with Crippen LogP contribution < -0.4 is 10.1 Å². The van der Waals surface area contributed by atoms with Crippen LogP contribution in [-0.4, -0.2) is 28.0 Å². The van der Waals surface area contributed by atoms with E-state index < -0.39 is 0 Å². The zero-order valence-corrected chi connectivity index (χ0v) is 12.3. The van der Waals surface area contributed by atoms with Crippen molar-refractivity contribution in [3.63, 3.8) is 0 Å². The zero-order chi connectivity index (χ0) is 14.8. The van der Waals surface area contributed by atoms with E-state index in [9.17, 15) is 4.79 Å². The predicted molar refractivity (Wildman–Crippen MR) is 80.9 cm³/mol. The summed E-state index contributed by atoms with van der Waals surface area (Å²) in [7, 11) is 1.49. The Labute approximate surface area is 124 Å². The first-order valence-corrected chi connectivity index (χ1v) is 7.02. The summed E-state index contributed by atoms with van der Waals surface area (Å²) in [5.74, 6) is 0.0303. The molecule has 2 aromatic heterocycles. The van der Waals surface area contributed by atoms with E-state index in [2.05, 4.69) is 20.3 Å². The number of methoxy groups -OCH3 is 1. The molecule has 0 spiro atoms. The van der Waals surface area contributed by atoms with Gasteiger partial charge in [0.25, 0.3) is 5.91 Å². The number of anilines is 1. The summed E-state index contributed by atoms with van der Waals surface area (Å²) in [4.78, 5) is 24.4. The summed E-state index contributed by atoms with van der Waals surface area (Å²) in [6.07, 6.45) is 1.29. The van der Waals surface area contributed by atoms with E-state index in [1.807, 2.05) is 25.1 Å². The van der Waals surface area contributed by atoms with Crippen LogP contribution >= 0.6 is 11.3 Å². The van der Waals surface area contributed by atoms with Gasteiger partial charge < -0.3 is 10.1 Å². The van der Waals surface area contributed by atoms with Crippen molar-refractivity contribution in [1.29, 1.82) is 0 Å². The van der Waals surface area contributed by atoms with Gasteiger partial charge in [-0.3, -0.25) is 4.79 Å². The Morgan fingerprint density at radius 1 is 1.29 bits per heavy atom. The van der Waals surface area contributed by atoms with Crippen molar-refractivity contribution in [3.05, 3.63) is 41.3 Å². The summed E-state index contributed by atoms with van der Waals surface area (Å²) in [5.41, 5.74) is 1.79. The normalized spacial score (nSPS) is 10.6. The van der Waals surface area contributed by atoms with Crippen LogP contribution in [0.3, 0.4) is 0 Å². The van der Waals surface area contributed by atoms with Crippen molar-refractivity contribution >= 4 is 33.1 Å². The van der Waals surface area contributed by atoms with Gasteiger partial charge >= 0.3 is 0 Å². The third-order valence-electron chi connectivity index (χ3n) is 2.84. The van der Waals surface area contributed by atoms with Crippen LogP contribution in [0.15, 0.2) is 30.6 Å². The molecule has 0 radical (unpaired) electrons. The maximum absolute atomic E-state index is 12.1. The number of benzene rings is 1. The molecule has 3 aromatic rings. The maximum Gasteiger partial charge on any atom is 0.274 e. The lowest BCUT2D eigenvalue weighted by molar-refractivity contribution is 0.102. The van der Waals surface area contributed by atoms with E-state index in [0.29, 0.717) is 11.6 Å². The minimum atomic E-state index is -0.318. The number of carbonyl (C=O) groups is 1. The average molecular weight is 300 g/mol. The highest BCUT2D eigenvalue weighted by Crippen LogP contribution is 2.24. The number of fused-ring (bicyclic) bond motifs is 1. The van der Waals surface area contributed by atoms with Gasteiger partial charge in [0.05, 0.1) is 22.3 Å². The van der Waals surface area contributed by atoms with Gasteiger partial charge in [0.15, 0.2) is 0 Å². The zero-order valence-electron chi connectivity index (χ0n) is 11.5. The van der Waals surface area contributed by atoms with Crippen molar-refractivity contribution < 1.29 is 9.53 Å². The Bertz CT molecular complexity index is 816. The van der Waals surface area contributed by atoms with Gasteiger partial charge in [-0.05, 0) is 25.1 Å². The number of nitrogens with zero attached hydrogens (tertiary/aromatic N) is 3. The number of thiazole rings is 1. The molecule has 106 valence electrons. The van der Waals surface area contributed by atoms with E-state index in [1.165, 1.54) is 19.5 Å². The van der Waals surface area contributed by atoms with Gasteiger partial charge in [-0.25, -0.2) is 15.0 Å². The molecule has 0 unspecified atom stereocenters. The molecule has 0 fully saturated rings. The maximum atomic E-state index is 12.1. The van der Waals surface area contributed by atoms with Crippen molar-refractivity contribution in [2.24, 2.45) is 0 Å².